The van der Waals surface area contributed by atoms with Gasteiger partial charge in [0, 0.05) is 20.8 Å². The van der Waals surface area contributed by atoms with Crippen LogP contribution in [0.15, 0.2) is 0 Å². The summed E-state index contributed by atoms with van der Waals surface area (Å²) >= 11 is 0. The fourth-order valence-corrected chi connectivity index (χ4v) is 0.792. The maximum absolute atomic E-state index is 10.1. The molecule has 136 valence electrons. The molecule has 3 atom stereocenters. The van der Waals surface area contributed by atoms with E-state index in [0.29, 0.717) is 13.2 Å². The van der Waals surface area contributed by atoms with Gasteiger partial charge in [-0.05, 0) is 0 Å². The zero-order valence-electron chi connectivity index (χ0n) is 15.8. The van der Waals surface area contributed by atoms with Crippen LogP contribution in [0.3, 0.4) is 0 Å². The van der Waals surface area contributed by atoms with Crippen LogP contribution in [0, 0.1) is 13.2 Å². The van der Waals surface area contributed by atoms with E-state index in [1.165, 1.54) is 27.1 Å². The van der Waals surface area contributed by atoms with Gasteiger partial charge in [0.25, 0.3) is 0 Å². The van der Waals surface area contributed by atoms with Crippen molar-refractivity contribution in [3.63, 3.8) is 0 Å². The number of hydrogen-bond donors (Lipinski definition) is 5. The van der Waals surface area contributed by atoms with Crippen molar-refractivity contribution >= 4 is 47.5 Å². The Hall–Kier alpha value is -4.81. The van der Waals surface area contributed by atoms with Gasteiger partial charge in [-0.1, -0.05) is 0 Å². The van der Waals surface area contributed by atoms with Crippen LogP contribution in [0.1, 0.15) is 20.8 Å². The number of rotatable bonds is 6. The third-order valence-electron chi connectivity index (χ3n) is 1.55. The molecule has 9 nitrogen and oxygen atoms in total. The maximum Gasteiger partial charge on any atom is 0.214 e. The number of aliphatic hydroxyl groups excluding tert-OH is 2. The predicted octanol–water partition coefficient (Wildman–Crippen LogP) is -2.97. The standard InChI is InChI=1S/2C4H7BNO2.C4H5BNO2.3Rf/c3*1-3(8)6-4(5)2-7;;;/h2*2,4,7H,1H3,(H,6,8);4H,1H3,(H,6,8);;;/q3*-1;;;/t3*4-;;;/m111.../s1. The topological polar surface area (TPSA) is 145 Å². The first kappa shape index (κ1) is 38.0. The summed E-state index contributed by atoms with van der Waals surface area (Å²) in [5.41, 5.74) is 0. The van der Waals surface area contributed by atoms with Crippen molar-refractivity contribution in [1.82, 2.24) is 16.0 Å². The van der Waals surface area contributed by atoms with E-state index < -0.39 is 17.8 Å². The van der Waals surface area contributed by atoms with Crippen molar-refractivity contribution in [2.75, 3.05) is 0 Å². The Morgan fingerprint density at radius 2 is 1.04 bits per heavy atom. The number of carbonyl (C=O) groups excluding carboxylic acids is 4. The second kappa shape index (κ2) is 23.5. The molecule has 0 saturated carbocycles. The summed E-state index contributed by atoms with van der Waals surface area (Å²) in [5.74, 6) is -3.32. The quantitative estimate of drug-likeness (QED) is 0.142. The van der Waals surface area contributed by atoms with Gasteiger partial charge in [0.1, 0.15) is 0 Å². The van der Waals surface area contributed by atoms with Crippen molar-refractivity contribution in [2.45, 2.75) is 38.6 Å². The maximum atomic E-state index is 10.1. The Morgan fingerprint density at radius 1 is 0.778 bits per heavy atom. The Labute approximate surface area is 145 Å². The van der Waals surface area contributed by atoms with Crippen LogP contribution in [0.4, 0.5) is 0 Å². The molecule has 0 aliphatic heterocycles. The molecule has 0 heterocycles. The zero-order chi connectivity index (χ0) is 19.7. The zero-order valence-corrected chi connectivity index (χ0v) is 35.0. The van der Waals surface area contributed by atoms with Crippen molar-refractivity contribution < 1.29 is 29.4 Å². The van der Waals surface area contributed by atoms with Crippen molar-refractivity contribution in [3.8, 4) is 0 Å². The smallest absolute Gasteiger partial charge is 0.214 e. The molecule has 0 aliphatic rings. The van der Waals surface area contributed by atoms with E-state index in [1.807, 2.05) is 0 Å². The Kier molecular flexibility index (Phi) is 33.0. The van der Waals surface area contributed by atoms with E-state index >= 15 is 0 Å². The Balaban J connectivity index is -0.0000000580. The van der Waals surface area contributed by atoms with Gasteiger partial charge in [-0.3, -0.25) is 20.7 Å². The molecule has 0 aliphatic carbocycles. The van der Waals surface area contributed by atoms with Crippen LogP contribution >= 0.6 is 0 Å². The van der Waals surface area contributed by atoms with Crippen molar-refractivity contribution in [3.05, 3.63) is 13.2 Å². The Bertz CT molecular complexity index is 379. The van der Waals surface area contributed by atoms with Gasteiger partial charge in [0.2, 0.25) is 17.7 Å². The van der Waals surface area contributed by atoms with Crippen molar-refractivity contribution in [2.24, 2.45) is 0 Å². The summed E-state index contributed by atoms with van der Waals surface area (Å²) in [7, 11) is 15.0. The molecule has 27 heavy (non-hydrogen) atoms. The van der Waals surface area contributed by atoms with Crippen LogP contribution in [0.5, 0.6) is 0 Å². The fourth-order valence-electron chi connectivity index (χ4n) is 0.792. The molecule has 6 radical (unpaired) electrons. The molecule has 15 heteroatoms. The monoisotopic (exact) mass is 1140 g/mol. The summed E-state index contributed by atoms with van der Waals surface area (Å²) in [5, 5.41) is 22.8. The molecular weight excluding hydrogens is 1120 g/mol. The minimum absolute atomic E-state index is 0. The van der Waals surface area contributed by atoms with Crippen LogP contribution in [0.25, 0.3) is 0 Å². The summed E-state index contributed by atoms with van der Waals surface area (Å²) in [6.45, 7) is 5.34. The third kappa shape index (κ3) is 44.9. The fraction of sp³-hybridized carbons (Fsp3) is 0.500. The normalized spacial score (nSPS) is 11.1. The number of carbonyl (C=O) groups is 3. The summed E-state index contributed by atoms with van der Waals surface area (Å²) in [6, 6.07) is 0. The van der Waals surface area contributed by atoms with E-state index in [0.717, 1.165) is 0 Å². The van der Waals surface area contributed by atoms with Gasteiger partial charge in [-0.15, -0.1) is 17.8 Å². The molecular formula is C12H19B3N3O6Rf3-3. The van der Waals surface area contributed by atoms with E-state index in [-0.39, 0.29) is 17.7 Å². The molecule has 0 saturated heterocycles. The number of nitrogens with one attached hydrogen (secondary N) is 3. The SMILES string of the molecule is [B][C@@H]([C-]=O)NC(C)=O.[B][C@@H]([CH-]O)NC(C)=O.[B][C@@H]([CH-]O)NC(C)=O.[Rf].[Rf].[Rf]. The Morgan fingerprint density at radius 3 is 1.11 bits per heavy atom. The molecule has 0 spiro atoms. The molecule has 0 aromatic rings. The number of amides is 3. The van der Waals surface area contributed by atoms with Crippen LogP contribution in [-0.4, -0.2) is 75.6 Å². The van der Waals surface area contributed by atoms with Gasteiger partial charge >= 0.3 is 0 Å². The average Bonchev–Trinajstić information content (AvgIpc) is 2.46. The average molecular weight is 1130 g/mol. The molecule has 0 aromatic heterocycles. The summed E-state index contributed by atoms with van der Waals surface area (Å²) in [6.07, 6.45) is 1.39. The second-order valence-electron chi connectivity index (χ2n) is 4.05. The number of hydrogen-bond acceptors (Lipinski definition) is 6. The number of aliphatic hydroxyl groups is 2. The largest absolute Gasteiger partial charge is 0.565 e. The van der Waals surface area contributed by atoms with E-state index in [4.69, 9.17) is 33.8 Å². The van der Waals surface area contributed by atoms with Gasteiger partial charge in [0.15, 0.2) is 0 Å². The van der Waals surface area contributed by atoms with Gasteiger partial charge < -0.3 is 31.0 Å². The molecule has 0 bridgehead atoms. The van der Waals surface area contributed by atoms with E-state index in [1.54, 1.807) is 0 Å². The van der Waals surface area contributed by atoms with Gasteiger partial charge in [-0.2, -0.15) is 0 Å². The molecule has 0 fully saturated rings. The van der Waals surface area contributed by atoms with Gasteiger partial charge in [-0.25, -0.2) is 13.2 Å². The predicted molar refractivity (Wildman–Crippen MR) is 88.2 cm³/mol. The third-order valence-corrected chi connectivity index (χ3v) is 1.55. The molecule has 0 rings (SSSR count). The minimum atomic E-state index is -0.979. The van der Waals surface area contributed by atoms with Crippen LogP contribution in [-0.2, 0) is 19.2 Å². The first-order valence-electron chi connectivity index (χ1n) is 6.40. The first-order chi connectivity index (χ1) is 11.0. The van der Waals surface area contributed by atoms with Gasteiger partial charge in [0.05, 0.1) is 23.5 Å². The first-order valence-corrected chi connectivity index (χ1v) is 6.40. The van der Waals surface area contributed by atoms with Crippen LogP contribution < -0.4 is 16.0 Å². The second-order valence-corrected chi connectivity index (χ2v) is 4.05. The minimum Gasteiger partial charge on any atom is -0.565 e. The molecule has 5 N–H and O–H groups in total. The van der Waals surface area contributed by atoms with Crippen LogP contribution in [0.2, 0.25) is 0 Å². The summed E-state index contributed by atoms with van der Waals surface area (Å²) < 4.78 is 0. The molecule has 0 unspecified atom stereocenters. The van der Waals surface area contributed by atoms with E-state index in [2.05, 4.69) is 16.0 Å². The van der Waals surface area contributed by atoms with Crippen molar-refractivity contribution in [1.29, 1.82) is 0 Å². The summed E-state index contributed by atoms with van der Waals surface area (Å²) in [4.78, 5) is 39.8. The molecule has 3 amide bonds. The molecule has 0 aromatic carbocycles. The van der Waals surface area contributed by atoms with E-state index in [9.17, 15) is 19.2 Å².